The van der Waals surface area contributed by atoms with E-state index in [1.165, 1.54) is 11.1 Å². The molecule has 0 saturated carbocycles. The van der Waals surface area contributed by atoms with Gasteiger partial charge in [-0.3, -0.25) is 0 Å². The number of hydrogen-bond donors (Lipinski definition) is 1. The summed E-state index contributed by atoms with van der Waals surface area (Å²) in [5.74, 6) is 0.256. The summed E-state index contributed by atoms with van der Waals surface area (Å²) in [7, 11) is 0. The van der Waals surface area contributed by atoms with Crippen LogP contribution in [0, 0.1) is 12.3 Å². The zero-order valence-corrected chi connectivity index (χ0v) is 7.89. The van der Waals surface area contributed by atoms with Gasteiger partial charge in [-0.2, -0.15) is 0 Å². The summed E-state index contributed by atoms with van der Waals surface area (Å²) in [5.41, 5.74) is 3.27. The van der Waals surface area contributed by atoms with Gasteiger partial charge in [-0.25, -0.2) is 0 Å². The molecule has 0 amide bonds. The molecule has 0 aliphatic heterocycles. The van der Waals surface area contributed by atoms with E-state index in [-0.39, 0.29) is 5.92 Å². The Bertz CT molecular complexity index is 289. The zero-order chi connectivity index (χ0) is 9.14. The predicted molar refractivity (Wildman–Crippen MR) is 53.0 cm³/mol. The highest BCUT2D eigenvalue weighted by Crippen LogP contribution is 2.19. The van der Waals surface area contributed by atoms with Crippen LogP contribution < -0.4 is 0 Å². The van der Waals surface area contributed by atoms with Gasteiger partial charge in [0.15, 0.2) is 0 Å². The normalized spacial score (nSPS) is 12.6. The molecule has 0 aliphatic rings. The Hall–Kier alpha value is -1.11. The molecule has 1 unspecified atom stereocenters. The summed E-state index contributed by atoms with van der Waals surface area (Å²) >= 11 is 0. The van der Waals surface area contributed by atoms with Gasteiger partial charge in [-0.1, -0.05) is 31.2 Å². The highest BCUT2D eigenvalue weighted by atomic mass is 14.4. The predicted octanol–water partition coefficient (Wildman–Crippen LogP) is 3.14. The lowest BCUT2D eigenvalue weighted by molar-refractivity contribution is 0.984. The second-order valence-corrected chi connectivity index (χ2v) is 3.26. The minimum Gasteiger partial charge on any atom is -0.309 e. The van der Waals surface area contributed by atoms with E-state index in [9.17, 15) is 0 Å². The molecule has 0 spiro atoms. The lowest BCUT2D eigenvalue weighted by Gasteiger charge is -2.12. The van der Waals surface area contributed by atoms with Gasteiger partial charge >= 0.3 is 0 Å². The number of aryl methyl sites for hydroxylation is 1. The maximum Gasteiger partial charge on any atom is 0.0188 e. The average Bonchev–Trinajstić information content (AvgIpc) is 2.04. The van der Waals surface area contributed by atoms with Crippen molar-refractivity contribution in [2.45, 2.75) is 26.7 Å². The maximum atomic E-state index is 7.53. The van der Waals surface area contributed by atoms with E-state index in [1.807, 2.05) is 19.1 Å². The second-order valence-electron chi connectivity index (χ2n) is 3.26. The van der Waals surface area contributed by atoms with Crippen molar-refractivity contribution in [1.29, 1.82) is 5.41 Å². The van der Waals surface area contributed by atoms with Gasteiger partial charge in [0.25, 0.3) is 0 Å². The second kappa shape index (κ2) is 3.53. The van der Waals surface area contributed by atoms with Gasteiger partial charge in [-0.15, -0.1) is 0 Å². The molecule has 0 bridgehead atoms. The third kappa shape index (κ3) is 1.73. The van der Waals surface area contributed by atoms with Crippen LogP contribution in [0.5, 0.6) is 0 Å². The van der Waals surface area contributed by atoms with Crippen LogP contribution in [-0.2, 0) is 0 Å². The van der Waals surface area contributed by atoms with Crippen molar-refractivity contribution in [2.24, 2.45) is 0 Å². The Labute approximate surface area is 73.9 Å². The fraction of sp³-hybridized carbons (Fsp3) is 0.364. The molecule has 1 nitrogen and oxygen atoms in total. The van der Waals surface area contributed by atoms with Crippen molar-refractivity contribution in [2.75, 3.05) is 0 Å². The van der Waals surface area contributed by atoms with E-state index in [0.717, 1.165) is 5.71 Å². The molecule has 1 aromatic rings. The highest BCUT2D eigenvalue weighted by molar-refractivity contribution is 5.85. The molecule has 12 heavy (non-hydrogen) atoms. The number of nitrogens with one attached hydrogen (secondary N) is 1. The molecular weight excluding hydrogens is 146 g/mol. The third-order valence-corrected chi connectivity index (χ3v) is 2.30. The molecule has 0 radical (unpaired) electrons. The summed E-state index contributed by atoms with van der Waals surface area (Å²) in [5, 5.41) is 7.53. The van der Waals surface area contributed by atoms with E-state index < -0.39 is 0 Å². The number of hydrogen-bond acceptors (Lipinski definition) is 1. The molecule has 0 aliphatic carbocycles. The van der Waals surface area contributed by atoms with Crippen LogP contribution in [0.2, 0.25) is 0 Å². The Kier molecular flexibility index (Phi) is 2.64. The standard InChI is InChI=1S/C11H15N/c1-8-6-4-5-7-11(8)9(2)10(3)12/h4-7,9,12H,1-3H3. The van der Waals surface area contributed by atoms with E-state index in [0.29, 0.717) is 0 Å². The molecule has 1 heteroatoms. The summed E-state index contributed by atoms with van der Waals surface area (Å²) in [6.07, 6.45) is 0. The first-order valence-electron chi connectivity index (χ1n) is 4.23. The van der Waals surface area contributed by atoms with Crippen LogP contribution in [0.15, 0.2) is 24.3 Å². The van der Waals surface area contributed by atoms with E-state index >= 15 is 0 Å². The van der Waals surface area contributed by atoms with Crippen molar-refractivity contribution >= 4 is 5.71 Å². The first-order valence-corrected chi connectivity index (χ1v) is 4.23. The van der Waals surface area contributed by atoms with Crippen LogP contribution in [0.1, 0.15) is 30.9 Å². The van der Waals surface area contributed by atoms with Gasteiger partial charge in [-0.05, 0) is 25.0 Å². The van der Waals surface area contributed by atoms with Crippen molar-refractivity contribution in [1.82, 2.24) is 0 Å². The van der Waals surface area contributed by atoms with Crippen molar-refractivity contribution in [3.63, 3.8) is 0 Å². The largest absolute Gasteiger partial charge is 0.309 e. The Morgan fingerprint density at radius 1 is 1.33 bits per heavy atom. The molecule has 1 aromatic carbocycles. The van der Waals surface area contributed by atoms with Crippen molar-refractivity contribution < 1.29 is 0 Å². The lowest BCUT2D eigenvalue weighted by atomic mass is 9.93. The molecule has 1 atom stereocenters. The molecule has 0 fully saturated rings. The van der Waals surface area contributed by atoms with Gasteiger partial charge in [0.1, 0.15) is 0 Å². The van der Waals surface area contributed by atoms with Gasteiger partial charge in [0.05, 0.1) is 0 Å². The topological polar surface area (TPSA) is 23.9 Å². The molecule has 1 N–H and O–H groups in total. The van der Waals surface area contributed by atoms with Crippen molar-refractivity contribution in [3.8, 4) is 0 Å². The smallest absolute Gasteiger partial charge is 0.0188 e. The molecule has 1 rings (SSSR count). The van der Waals surface area contributed by atoms with Crippen LogP contribution in [0.3, 0.4) is 0 Å². The first kappa shape index (κ1) is 8.98. The van der Waals surface area contributed by atoms with Crippen LogP contribution in [-0.4, -0.2) is 5.71 Å². The van der Waals surface area contributed by atoms with E-state index in [4.69, 9.17) is 5.41 Å². The SMILES string of the molecule is CC(=N)C(C)c1ccccc1C. The fourth-order valence-corrected chi connectivity index (χ4v) is 1.31. The van der Waals surface area contributed by atoms with E-state index in [1.54, 1.807) is 0 Å². The summed E-state index contributed by atoms with van der Waals surface area (Å²) < 4.78 is 0. The first-order chi connectivity index (χ1) is 5.63. The summed E-state index contributed by atoms with van der Waals surface area (Å²) in [4.78, 5) is 0. The van der Waals surface area contributed by atoms with Crippen LogP contribution >= 0.6 is 0 Å². The van der Waals surface area contributed by atoms with E-state index in [2.05, 4.69) is 26.0 Å². The number of benzene rings is 1. The Morgan fingerprint density at radius 3 is 2.42 bits per heavy atom. The minimum absolute atomic E-state index is 0.256. The fourth-order valence-electron chi connectivity index (χ4n) is 1.31. The molecule has 64 valence electrons. The quantitative estimate of drug-likeness (QED) is 0.644. The van der Waals surface area contributed by atoms with Gasteiger partial charge in [0, 0.05) is 11.6 Å². The zero-order valence-electron chi connectivity index (χ0n) is 7.89. The van der Waals surface area contributed by atoms with Crippen LogP contribution in [0.4, 0.5) is 0 Å². The molecule has 0 saturated heterocycles. The highest BCUT2D eigenvalue weighted by Gasteiger charge is 2.08. The number of rotatable bonds is 2. The molecule has 0 aromatic heterocycles. The summed E-state index contributed by atoms with van der Waals surface area (Å²) in [6.45, 7) is 6.02. The van der Waals surface area contributed by atoms with Crippen molar-refractivity contribution in [3.05, 3.63) is 35.4 Å². The Balaban J connectivity index is 3.02. The summed E-state index contributed by atoms with van der Waals surface area (Å²) in [6, 6.07) is 8.25. The molecule has 0 heterocycles. The molecular formula is C11H15N. The maximum absolute atomic E-state index is 7.53. The van der Waals surface area contributed by atoms with Gasteiger partial charge in [0.2, 0.25) is 0 Å². The third-order valence-electron chi connectivity index (χ3n) is 2.30. The van der Waals surface area contributed by atoms with Gasteiger partial charge < -0.3 is 5.41 Å². The average molecular weight is 161 g/mol. The Morgan fingerprint density at radius 2 is 1.92 bits per heavy atom. The van der Waals surface area contributed by atoms with Crippen LogP contribution in [0.25, 0.3) is 0 Å². The lowest BCUT2D eigenvalue weighted by Crippen LogP contribution is -2.04. The monoisotopic (exact) mass is 161 g/mol. The minimum atomic E-state index is 0.256.